The summed E-state index contributed by atoms with van der Waals surface area (Å²) in [6, 6.07) is 5.38. The van der Waals surface area contributed by atoms with Gasteiger partial charge in [0, 0.05) is 5.54 Å². The van der Waals surface area contributed by atoms with E-state index in [9.17, 15) is 4.39 Å². The maximum Gasteiger partial charge on any atom is 0.165 e. The van der Waals surface area contributed by atoms with Gasteiger partial charge in [0.25, 0.3) is 0 Å². The van der Waals surface area contributed by atoms with E-state index in [1.807, 2.05) is 13.1 Å². The van der Waals surface area contributed by atoms with Gasteiger partial charge in [-0.1, -0.05) is 13.0 Å². The number of ether oxygens (including phenoxy) is 1. The van der Waals surface area contributed by atoms with E-state index in [2.05, 4.69) is 24.1 Å². The molecule has 1 fully saturated rings. The Morgan fingerprint density at radius 3 is 2.52 bits per heavy atom. The van der Waals surface area contributed by atoms with Crippen LogP contribution in [0.2, 0.25) is 0 Å². The van der Waals surface area contributed by atoms with Crippen LogP contribution >= 0.6 is 0 Å². The molecule has 4 heteroatoms. The second kappa shape index (κ2) is 6.75. The van der Waals surface area contributed by atoms with E-state index in [0.29, 0.717) is 5.75 Å². The molecule has 118 valence electrons. The average molecular weight is 294 g/mol. The summed E-state index contributed by atoms with van der Waals surface area (Å²) in [5, 5.41) is 3.40. The smallest absolute Gasteiger partial charge is 0.165 e. The number of benzene rings is 1. The van der Waals surface area contributed by atoms with Gasteiger partial charge in [-0.25, -0.2) is 4.39 Å². The van der Waals surface area contributed by atoms with Gasteiger partial charge in [-0.3, -0.25) is 4.90 Å². The van der Waals surface area contributed by atoms with Crippen LogP contribution in [0.5, 0.6) is 5.75 Å². The Morgan fingerprint density at radius 2 is 2.05 bits per heavy atom. The summed E-state index contributed by atoms with van der Waals surface area (Å²) in [5.41, 5.74) is 0.971. The molecule has 1 aromatic carbocycles. The fraction of sp³-hybridized carbons (Fsp3) is 0.647. The summed E-state index contributed by atoms with van der Waals surface area (Å²) in [6.07, 6.45) is 3.53. The fourth-order valence-electron chi connectivity index (χ4n) is 3.54. The van der Waals surface area contributed by atoms with Gasteiger partial charge < -0.3 is 10.1 Å². The predicted molar refractivity (Wildman–Crippen MR) is 84.3 cm³/mol. The first kappa shape index (κ1) is 16.2. The maximum absolute atomic E-state index is 14.1. The highest BCUT2D eigenvalue weighted by molar-refractivity contribution is 5.32. The summed E-state index contributed by atoms with van der Waals surface area (Å²) in [4.78, 5) is 2.54. The van der Waals surface area contributed by atoms with Crippen molar-refractivity contribution < 1.29 is 9.13 Å². The van der Waals surface area contributed by atoms with Gasteiger partial charge in [0.05, 0.1) is 13.2 Å². The van der Waals surface area contributed by atoms with Crippen LogP contribution in [0.1, 0.15) is 44.7 Å². The molecule has 1 aliphatic rings. The van der Waals surface area contributed by atoms with E-state index < -0.39 is 0 Å². The minimum Gasteiger partial charge on any atom is -0.494 e. The number of likely N-dealkylation sites (N-methyl/N-ethyl adjacent to an activating group) is 1. The zero-order chi connectivity index (χ0) is 15.5. The van der Waals surface area contributed by atoms with Gasteiger partial charge in [-0.05, 0) is 64.0 Å². The Morgan fingerprint density at radius 1 is 1.38 bits per heavy atom. The zero-order valence-corrected chi connectivity index (χ0v) is 13.6. The van der Waals surface area contributed by atoms with E-state index in [1.165, 1.54) is 20.0 Å². The largest absolute Gasteiger partial charge is 0.494 e. The summed E-state index contributed by atoms with van der Waals surface area (Å²) >= 11 is 0. The van der Waals surface area contributed by atoms with Crippen LogP contribution in [-0.4, -0.2) is 37.7 Å². The van der Waals surface area contributed by atoms with Gasteiger partial charge in [-0.15, -0.1) is 0 Å². The first-order valence-corrected chi connectivity index (χ1v) is 7.82. The minimum atomic E-state index is -0.296. The molecule has 1 aromatic rings. The quantitative estimate of drug-likeness (QED) is 0.870. The monoisotopic (exact) mass is 294 g/mol. The van der Waals surface area contributed by atoms with Crippen LogP contribution in [0, 0.1) is 5.82 Å². The lowest BCUT2D eigenvalue weighted by atomic mass is 9.83. The van der Waals surface area contributed by atoms with Crippen molar-refractivity contribution >= 4 is 0 Å². The number of nitrogens with zero attached hydrogens (tertiary/aromatic N) is 1. The lowest BCUT2D eigenvalue weighted by molar-refractivity contribution is 0.0871. The van der Waals surface area contributed by atoms with E-state index in [0.717, 1.165) is 25.1 Å². The minimum absolute atomic E-state index is 0.00766. The van der Waals surface area contributed by atoms with Gasteiger partial charge in [0.1, 0.15) is 0 Å². The standard InChI is InChI=1S/C17H27FN2O/c1-5-17(2,20-10-6-7-11-20)16(19-3)13-8-9-15(21-4)14(18)12-13/h8-9,12,16,19H,5-7,10-11H2,1-4H3. The lowest BCUT2D eigenvalue weighted by Crippen LogP contribution is -2.52. The van der Waals surface area contributed by atoms with Crippen LogP contribution in [0.4, 0.5) is 4.39 Å². The molecule has 21 heavy (non-hydrogen) atoms. The zero-order valence-electron chi connectivity index (χ0n) is 13.6. The molecule has 0 aliphatic carbocycles. The molecular weight excluding hydrogens is 267 g/mol. The number of nitrogens with one attached hydrogen (secondary N) is 1. The number of likely N-dealkylation sites (tertiary alicyclic amines) is 1. The highest BCUT2D eigenvalue weighted by atomic mass is 19.1. The summed E-state index contributed by atoms with van der Waals surface area (Å²) < 4.78 is 19.1. The van der Waals surface area contributed by atoms with Crippen LogP contribution in [0.3, 0.4) is 0 Å². The molecule has 2 rings (SSSR count). The van der Waals surface area contributed by atoms with Gasteiger partial charge in [-0.2, -0.15) is 0 Å². The third-order valence-electron chi connectivity index (χ3n) is 4.96. The number of halogens is 1. The van der Waals surface area contributed by atoms with Crippen molar-refractivity contribution in [1.82, 2.24) is 10.2 Å². The molecule has 3 nitrogen and oxygen atoms in total. The van der Waals surface area contributed by atoms with Gasteiger partial charge in [0.2, 0.25) is 0 Å². The molecule has 1 heterocycles. The Labute approximate surface area is 127 Å². The topological polar surface area (TPSA) is 24.5 Å². The predicted octanol–water partition coefficient (Wildman–Crippen LogP) is 3.36. The van der Waals surface area contributed by atoms with Crippen molar-refractivity contribution in [3.05, 3.63) is 29.6 Å². The van der Waals surface area contributed by atoms with Crippen molar-refractivity contribution in [3.8, 4) is 5.75 Å². The number of methoxy groups -OCH3 is 1. The molecule has 1 aliphatic heterocycles. The van der Waals surface area contributed by atoms with Crippen molar-refractivity contribution in [1.29, 1.82) is 0 Å². The highest BCUT2D eigenvalue weighted by Crippen LogP contribution is 2.37. The molecule has 0 aromatic heterocycles. The average Bonchev–Trinajstić information content (AvgIpc) is 3.02. The summed E-state index contributed by atoms with van der Waals surface area (Å²) in [6.45, 7) is 6.74. The molecular formula is C17H27FN2O. The molecule has 0 saturated carbocycles. The van der Waals surface area contributed by atoms with Crippen molar-refractivity contribution in [2.45, 2.75) is 44.7 Å². The second-order valence-corrected chi connectivity index (χ2v) is 6.02. The molecule has 1 saturated heterocycles. The number of hydrogen-bond donors (Lipinski definition) is 1. The normalized spacial score (nSPS) is 20.2. The number of hydrogen-bond acceptors (Lipinski definition) is 3. The summed E-state index contributed by atoms with van der Waals surface area (Å²) in [5.74, 6) is 0.00287. The van der Waals surface area contributed by atoms with Gasteiger partial charge in [0.15, 0.2) is 11.6 Å². The first-order valence-electron chi connectivity index (χ1n) is 7.82. The van der Waals surface area contributed by atoms with E-state index in [-0.39, 0.29) is 17.4 Å². The maximum atomic E-state index is 14.1. The van der Waals surface area contributed by atoms with Crippen LogP contribution < -0.4 is 10.1 Å². The Hall–Kier alpha value is -1.13. The molecule has 1 N–H and O–H groups in total. The third kappa shape index (κ3) is 3.06. The third-order valence-corrected chi connectivity index (χ3v) is 4.96. The Kier molecular flexibility index (Phi) is 5.22. The van der Waals surface area contributed by atoms with Crippen molar-refractivity contribution in [2.24, 2.45) is 0 Å². The van der Waals surface area contributed by atoms with Crippen LogP contribution in [0.15, 0.2) is 18.2 Å². The molecule has 0 radical (unpaired) electrons. The van der Waals surface area contributed by atoms with E-state index in [4.69, 9.17) is 4.74 Å². The molecule has 0 spiro atoms. The van der Waals surface area contributed by atoms with Crippen LogP contribution in [-0.2, 0) is 0 Å². The lowest BCUT2D eigenvalue weighted by Gasteiger charge is -2.44. The first-order chi connectivity index (χ1) is 10.1. The van der Waals surface area contributed by atoms with E-state index >= 15 is 0 Å². The second-order valence-electron chi connectivity index (χ2n) is 6.02. The van der Waals surface area contributed by atoms with Crippen LogP contribution in [0.25, 0.3) is 0 Å². The molecule has 0 bridgehead atoms. The fourth-order valence-corrected chi connectivity index (χ4v) is 3.54. The van der Waals surface area contributed by atoms with Crippen molar-refractivity contribution in [2.75, 3.05) is 27.2 Å². The highest BCUT2D eigenvalue weighted by Gasteiger charge is 2.39. The molecule has 0 amide bonds. The van der Waals surface area contributed by atoms with Crippen molar-refractivity contribution in [3.63, 3.8) is 0 Å². The van der Waals surface area contributed by atoms with Gasteiger partial charge >= 0.3 is 0 Å². The van der Waals surface area contributed by atoms with E-state index in [1.54, 1.807) is 12.1 Å². The Bertz CT molecular complexity index is 474. The Balaban J connectivity index is 2.34. The molecule has 2 unspecified atom stereocenters. The summed E-state index contributed by atoms with van der Waals surface area (Å²) in [7, 11) is 3.45. The number of rotatable bonds is 6. The molecule has 2 atom stereocenters. The SMILES string of the molecule is CCC(C)(C(NC)c1ccc(OC)c(F)c1)N1CCCC1.